The molecule has 0 amide bonds. The molecule has 0 bridgehead atoms. The molecule has 0 aromatic heterocycles. The van der Waals surface area contributed by atoms with Crippen LogP contribution in [0.1, 0.15) is 48.5 Å². The number of aliphatic hydroxyl groups is 1. The van der Waals surface area contributed by atoms with Crippen molar-refractivity contribution < 1.29 is 5.11 Å². The first kappa shape index (κ1) is 14.3. The molecule has 2 aromatic rings. The summed E-state index contributed by atoms with van der Waals surface area (Å²) < 4.78 is 0. The van der Waals surface area contributed by atoms with Gasteiger partial charge in [-0.05, 0) is 54.7 Å². The summed E-state index contributed by atoms with van der Waals surface area (Å²) in [7, 11) is 0. The fraction of sp³-hybridized carbons (Fsp3) is 0.400. The highest BCUT2D eigenvalue weighted by Crippen LogP contribution is 2.36. The molecule has 3 rings (SSSR count). The Morgan fingerprint density at radius 1 is 0.905 bits per heavy atom. The van der Waals surface area contributed by atoms with Gasteiger partial charge in [-0.25, -0.2) is 0 Å². The minimum Gasteiger partial charge on any atom is -0.388 e. The van der Waals surface area contributed by atoms with Gasteiger partial charge in [-0.1, -0.05) is 61.0 Å². The topological polar surface area (TPSA) is 20.2 Å². The highest BCUT2D eigenvalue weighted by atomic mass is 16.3. The molecule has 1 nitrogen and oxygen atoms in total. The monoisotopic (exact) mass is 280 g/mol. The van der Waals surface area contributed by atoms with Gasteiger partial charge in [-0.3, -0.25) is 0 Å². The van der Waals surface area contributed by atoms with Gasteiger partial charge in [-0.15, -0.1) is 0 Å². The van der Waals surface area contributed by atoms with Crippen LogP contribution in [-0.2, 0) is 12.8 Å². The van der Waals surface area contributed by atoms with E-state index in [4.69, 9.17) is 0 Å². The van der Waals surface area contributed by atoms with E-state index in [1.807, 2.05) is 6.07 Å². The standard InChI is InChI=1S/C20H24O/c21-20-18(15-14-17-11-6-7-13-19(17)20)12-5-4-10-16-8-2-1-3-9-16/h1-3,6-9,11,13,18,20-21H,4-5,10,12,14-15H2. The predicted molar refractivity (Wildman–Crippen MR) is 87.2 cm³/mol. The van der Waals surface area contributed by atoms with Gasteiger partial charge in [0.1, 0.15) is 0 Å². The molecule has 0 fully saturated rings. The zero-order valence-electron chi connectivity index (χ0n) is 12.5. The molecule has 1 aliphatic carbocycles. The Morgan fingerprint density at radius 2 is 1.67 bits per heavy atom. The summed E-state index contributed by atoms with van der Waals surface area (Å²) in [6.45, 7) is 0. The predicted octanol–water partition coefficient (Wildman–Crippen LogP) is 4.70. The van der Waals surface area contributed by atoms with Gasteiger partial charge in [0, 0.05) is 0 Å². The van der Waals surface area contributed by atoms with Crippen LogP contribution in [0.15, 0.2) is 54.6 Å². The fourth-order valence-electron chi connectivity index (χ4n) is 3.49. The van der Waals surface area contributed by atoms with Gasteiger partial charge < -0.3 is 5.11 Å². The van der Waals surface area contributed by atoms with Crippen LogP contribution in [0.25, 0.3) is 0 Å². The molecule has 110 valence electrons. The van der Waals surface area contributed by atoms with Crippen molar-refractivity contribution in [3.05, 3.63) is 71.3 Å². The normalized spacial score (nSPS) is 21.0. The number of hydrogen-bond acceptors (Lipinski definition) is 1. The third kappa shape index (κ3) is 3.54. The van der Waals surface area contributed by atoms with Gasteiger partial charge in [0.05, 0.1) is 6.10 Å². The third-order valence-electron chi connectivity index (χ3n) is 4.74. The van der Waals surface area contributed by atoms with Gasteiger partial charge in [0.25, 0.3) is 0 Å². The van der Waals surface area contributed by atoms with Gasteiger partial charge in [0.2, 0.25) is 0 Å². The summed E-state index contributed by atoms with van der Waals surface area (Å²) >= 11 is 0. The smallest absolute Gasteiger partial charge is 0.0820 e. The van der Waals surface area contributed by atoms with Crippen molar-refractivity contribution in [3.8, 4) is 0 Å². The number of aliphatic hydroxyl groups excluding tert-OH is 1. The van der Waals surface area contributed by atoms with Crippen LogP contribution in [0.5, 0.6) is 0 Å². The highest BCUT2D eigenvalue weighted by molar-refractivity contribution is 5.31. The van der Waals surface area contributed by atoms with Crippen LogP contribution in [0.4, 0.5) is 0 Å². The molecule has 21 heavy (non-hydrogen) atoms. The molecule has 0 saturated carbocycles. The number of benzene rings is 2. The van der Waals surface area contributed by atoms with Crippen molar-refractivity contribution in [1.82, 2.24) is 0 Å². The van der Waals surface area contributed by atoms with E-state index in [-0.39, 0.29) is 6.10 Å². The first-order chi connectivity index (χ1) is 10.3. The van der Waals surface area contributed by atoms with E-state index in [1.165, 1.54) is 24.0 Å². The van der Waals surface area contributed by atoms with E-state index < -0.39 is 0 Å². The second-order valence-electron chi connectivity index (χ2n) is 6.17. The fourth-order valence-corrected chi connectivity index (χ4v) is 3.49. The van der Waals surface area contributed by atoms with E-state index in [0.717, 1.165) is 31.2 Å². The molecule has 2 atom stereocenters. The molecule has 0 heterocycles. The lowest BCUT2D eigenvalue weighted by Gasteiger charge is -2.30. The van der Waals surface area contributed by atoms with Crippen LogP contribution in [0.3, 0.4) is 0 Å². The number of unbranched alkanes of at least 4 members (excludes halogenated alkanes) is 1. The number of hydrogen-bond donors (Lipinski definition) is 1. The summed E-state index contributed by atoms with van der Waals surface area (Å²) in [5.41, 5.74) is 3.93. The minimum atomic E-state index is -0.258. The van der Waals surface area contributed by atoms with Crippen LogP contribution in [0, 0.1) is 5.92 Å². The number of fused-ring (bicyclic) bond motifs is 1. The molecule has 1 N–H and O–H groups in total. The van der Waals surface area contributed by atoms with Gasteiger partial charge in [-0.2, -0.15) is 0 Å². The van der Waals surface area contributed by atoms with Crippen molar-refractivity contribution in [2.45, 2.75) is 44.6 Å². The van der Waals surface area contributed by atoms with E-state index in [0.29, 0.717) is 5.92 Å². The average molecular weight is 280 g/mol. The van der Waals surface area contributed by atoms with Crippen LogP contribution in [0.2, 0.25) is 0 Å². The Bertz CT molecular complexity index is 561. The summed E-state index contributed by atoms with van der Waals surface area (Å²) in [6, 6.07) is 19.1. The lowest BCUT2D eigenvalue weighted by Crippen LogP contribution is -2.20. The Morgan fingerprint density at radius 3 is 2.52 bits per heavy atom. The minimum absolute atomic E-state index is 0.258. The summed E-state index contributed by atoms with van der Waals surface area (Å²) in [5, 5.41) is 10.5. The van der Waals surface area contributed by atoms with E-state index in [1.54, 1.807) is 0 Å². The van der Waals surface area contributed by atoms with Gasteiger partial charge >= 0.3 is 0 Å². The Hall–Kier alpha value is -1.60. The molecule has 0 spiro atoms. The summed E-state index contributed by atoms with van der Waals surface area (Å²) in [4.78, 5) is 0. The van der Waals surface area contributed by atoms with Crippen molar-refractivity contribution >= 4 is 0 Å². The number of aryl methyl sites for hydroxylation is 2. The highest BCUT2D eigenvalue weighted by Gasteiger charge is 2.26. The summed E-state index contributed by atoms with van der Waals surface area (Å²) in [5.74, 6) is 0.440. The van der Waals surface area contributed by atoms with Gasteiger partial charge in [0.15, 0.2) is 0 Å². The second-order valence-corrected chi connectivity index (χ2v) is 6.17. The third-order valence-corrected chi connectivity index (χ3v) is 4.74. The van der Waals surface area contributed by atoms with Crippen LogP contribution in [-0.4, -0.2) is 5.11 Å². The van der Waals surface area contributed by atoms with Crippen LogP contribution < -0.4 is 0 Å². The Kier molecular flexibility index (Phi) is 4.72. The molecule has 2 unspecified atom stereocenters. The van der Waals surface area contributed by atoms with Crippen molar-refractivity contribution in [2.24, 2.45) is 5.92 Å². The van der Waals surface area contributed by atoms with Crippen molar-refractivity contribution in [3.63, 3.8) is 0 Å². The maximum atomic E-state index is 10.5. The number of rotatable bonds is 5. The average Bonchev–Trinajstić information content (AvgIpc) is 2.55. The first-order valence-corrected chi connectivity index (χ1v) is 8.14. The SMILES string of the molecule is OC1c2ccccc2CCC1CCCCc1ccccc1. The second kappa shape index (κ2) is 6.91. The maximum Gasteiger partial charge on any atom is 0.0820 e. The quantitative estimate of drug-likeness (QED) is 0.787. The molecular formula is C20H24O. The largest absolute Gasteiger partial charge is 0.388 e. The van der Waals surface area contributed by atoms with Crippen LogP contribution >= 0.6 is 0 Å². The molecule has 1 aliphatic rings. The Labute approximate surface area is 127 Å². The van der Waals surface area contributed by atoms with E-state index >= 15 is 0 Å². The van der Waals surface area contributed by atoms with Crippen molar-refractivity contribution in [1.29, 1.82) is 0 Å². The zero-order chi connectivity index (χ0) is 14.5. The molecule has 0 saturated heterocycles. The molecule has 2 aromatic carbocycles. The van der Waals surface area contributed by atoms with Crippen molar-refractivity contribution in [2.75, 3.05) is 0 Å². The molecular weight excluding hydrogens is 256 g/mol. The van der Waals surface area contributed by atoms with E-state index in [9.17, 15) is 5.11 Å². The first-order valence-electron chi connectivity index (χ1n) is 8.14. The maximum absolute atomic E-state index is 10.5. The molecule has 0 radical (unpaired) electrons. The Balaban J connectivity index is 1.48. The molecule has 1 heteroatoms. The lowest BCUT2D eigenvalue weighted by molar-refractivity contribution is 0.0870. The lowest BCUT2D eigenvalue weighted by atomic mass is 9.79. The summed E-state index contributed by atoms with van der Waals surface area (Å²) in [6.07, 6.45) is 6.71. The molecule has 0 aliphatic heterocycles. The zero-order valence-corrected chi connectivity index (χ0v) is 12.5. The van der Waals surface area contributed by atoms with E-state index in [2.05, 4.69) is 48.5 Å².